The summed E-state index contributed by atoms with van der Waals surface area (Å²) >= 11 is 0. The third-order valence-electron chi connectivity index (χ3n) is 7.50. The van der Waals surface area contributed by atoms with E-state index in [1.54, 1.807) is 4.90 Å². The van der Waals surface area contributed by atoms with Crippen molar-refractivity contribution in [2.45, 2.75) is 56.5 Å². The summed E-state index contributed by atoms with van der Waals surface area (Å²) < 4.78 is 0. The number of hydrogen-bond acceptors (Lipinski definition) is 4. The Labute approximate surface area is 211 Å². The normalized spacial score (nSPS) is 24.1. The molecule has 188 valence electrons. The number of likely N-dealkylation sites (tertiary alicyclic amines) is 1. The zero-order valence-corrected chi connectivity index (χ0v) is 20.3. The highest BCUT2D eigenvalue weighted by Crippen LogP contribution is 2.35. The molecule has 3 heterocycles. The van der Waals surface area contributed by atoms with Gasteiger partial charge in [0.2, 0.25) is 17.7 Å². The fraction of sp³-hybridized carbons (Fsp3) is 0.429. The first-order valence-electron chi connectivity index (χ1n) is 12.8. The highest BCUT2D eigenvalue weighted by atomic mass is 16.2. The van der Waals surface area contributed by atoms with Crippen molar-refractivity contribution in [1.29, 1.82) is 0 Å². The van der Waals surface area contributed by atoms with Crippen LogP contribution in [0, 0.1) is 0 Å². The van der Waals surface area contributed by atoms with Crippen molar-refractivity contribution in [3.8, 4) is 0 Å². The van der Waals surface area contributed by atoms with Gasteiger partial charge in [-0.1, -0.05) is 48.5 Å². The van der Waals surface area contributed by atoms with Crippen LogP contribution in [-0.4, -0.2) is 60.2 Å². The van der Waals surface area contributed by atoms with E-state index in [4.69, 9.17) is 0 Å². The van der Waals surface area contributed by atoms with E-state index in [0.717, 1.165) is 30.4 Å². The lowest BCUT2D eigenvalue weighted by molar-refractivity contribution is -0.133. The molecule has 5 rings (SSSR count). The van der Waals surface area contributed by atoms with Crippen LogP contribution in [0.4, 0.5) is 5.69 Å². The van der Waals surface area contributed by atoms with Crippen LogP contribution in [0.3, 0.4) is 0 Å². The molecule has 0 aliphatic carbocycles. The number of benzene rings is 2. The Morgan fingerprint density at radius 3 is 2.39 bits per heavy atom. The highest BCUT2D eigenvalue weighted by molar-refractivity contribution is 6.05. The molecule has 0 spiro atoms. The van der Waals surface area contributed by atoms with Crippen LogP contribution in [0.5, 0.6) is 0 Å². The molecular weight excluding hydrogens is 456 g/mol. The average Bonchev–Trinajstić information content (AvgIpc) is 3.32. The van der Waals surface area contributed by atoms with Crippen LogP contribution < -0.4 is 15.5 Å². The molecule has 2 aromatic rings. The standard InChI is InChI=1S/C28H32N4O4/c33-24-14-13-22(29-24)27(35)30-26-21(19-9-3-1-4-10-19)17-20-11-5-6-12-23(20)32(28(26)36)18-25(34)31-15-7-2-8-16-31/h1,3-6,9-12,21-22,26H,2,7-8,13-18H2,(H,29,33)(H,30,35)/t21-,22-,26+/m0/s1. The molecule has 8 heteroatoms. The third kappa shape index (κ3) is 4.98. The van der Waals surface area contributed by atoms with Gasteiger partial charge in [-0.15, -0.1) is 0 Å². The molecule has 3 aliphatic heterocycles. The first-order valence-corrected chi connectivity index (χ1v) is 12.8. The minimum absolute atomic E-state index is 0.0656. The largest absolute Gasteiger partial charge is 0.344 e. The quantitative estimate of drug-likeness (QED) is 0.674. The molecule has 0 bridgehead atoms. The van der Waals surface area contributed by atoms with Crippen molar-refractivity contribution in [3.63, 3.8) is 0 Å². The predicted octanol–water partition coefficient (Wildman–Crippen LogP) is 2.14. The van der Waals surface area contributed by atoms with Gasteiger partial charge >= 0.3 is 0 Å². The Kier molecular flexibility index (Phi) is 7.02. The lowest BCUT2D eigenvalue weighted by atomic mass is 9.86. The monoisotopic (exact) mass is 488 g/mol. The zero-order chi connectivity index (χ0) is 25.1. The average molecular weight is 489 g/mol. The van der Waals surface area contributed by atoms with Gasteiger partial charge in [0.25, 0.3) is 5.91 Å². The molecular formula is C28H32N4O4. The first kappa shape index (κ1) is 24.0. The van der Waals surface area contributed by atoms with Gasteiger partial charge in [0.1, 0.15) is 18.6 Å². The molecule has 0 saturated carbocycles. The van der Waals surface area contributed by atoms with Gasteiger partial charge in [-0.05, 0) is 49.3 Å². The minimum atomic E-state index is -0.876. The summed E-state index contributed by atoms with van der Waals surface area (Å²) in [7, 11) is 0. The van der Waals surface area contributed by atoms with Crippen molar-refractivity contribution in [2.75, 3.05) is 24.5 Å². The van der Waals surface area contributed by atoms with Gasteiger partial charge in [0.05, 0.1) is 0 Å². The third-order valence-corrected chi connectivity index (χ3v) is 7.50. The molecule has 2 aromatic carbocycles. The van der Waals surface area contributed by atoms with E-state index in [9.17, 15) is 19.2 Å². The number of amides is 4. The number of carbonyl (C=O) groups excluding carboxylic acids is 4. The molecule has 0 radical (unpaired) electrons. The highest BCUT2D eigenvalue weighted by Gasteiger charge is 2.41. The Morgan fingerprint density at radius 1 is 0.944 bits per heavy atom. The van der Waals surface area contributed by atoms with Gasteiger partial charge in [0, 0.05) is 31.1 Å². The molecule has 0 aromatic heterocycles. The Hall–Kier alpha value is -3.68. The van der Waals surface area contributed by atoms with Crippen LogP contribution in [-0.2, 0) is 25.6 Å². The summed E-state index contributed by atoms with van der Waals surface area (Å²) in [6.45, 7) is 1.34. The maximum absolute atomic E-state index is 14.2. The summed E-state index contributed by atoms with van der Waals surface area (Å²) in [5, 5.41) is 5.66. The SMILES string of the molecule is O=C1CC[C@@H](C(=O)N[C@H]2C(=O)N(CC(=O)N3CCCCC3)c3ccccc3C[C@H]2c2ccccc2)N1. The lowest BCUT2D eigenvalue weighted by Gasteiger charge is -2.32. The van der Waals surface area contributed by atoms with Crippen molar-refractivity contribution < 1.29 is 19.2 Å². The number of piperidine rings is 1. The van der Waals surface area contributed by atoms with Crippen molar-refractivity contribution in [3.05, 3.63) is 65.7 Å². The van der Waals surface area contributed by atoms with E-state index in [1.165, 1.54) is 0 Å². The number of nitrogens with zero attached hydrogens (tertiary/aromatic N) is 2. The van der Waals surface area contributed by atoms with Gasteiger partial charge in [-0.25, -0.2) is 0 Å². The van der Waals surface area contributed by atoms with Gasteiger partial charge in [-0.3, -0.25) is 19.2 Å². The molecule has 4 amide bonds. The van der Waals surface area contributed by atoms with Crippen LogP contribution in [0.2, 0.25) is 0 Å². The topological polar surface area (TPSA) is 98.8 Å². The molecule has 2 saturated heterocycles. The Morgan fingerprint density at radius 2 is 1.67 bits per heavy atom. The van der Waals surface area contributed by atoms with Crippen molar-refractivity contribution in [1.82, 2.24) is 15.5 Å². The number of rotatable bonds is 5. The maximum atomic E-state index is 14.2. The lowest BCUT2D eigenvalue weighted by Crippen LogP contribution is -2.56. The first-order chi connectivity index (χ1) is 17.5. The molecule has 0 unspecified atom stereocenters. The second-order valence-corrected chi connectivity index (χ2v) is 9.86. The summed E-state index contributed by atoms with van der Waals surface area (Å²) in [6.07, 6.45) is 4.28. The maximum Gasteiger partial charge on any atom is 0.250 e. The van der Waals surface area contributed by atoms with Gasteiger partial charge in [-0.2, -0.15) is 0 Å². The van der Waals surface area contributed by atoms with E-state index < -0.39 is 12.1 Å². The van der Waals surface area contributed by atoms with Gasteiger partial charge < -0.3 is 20.4 Å². The second kappa shape index (κ2) is 10.5. The Balaban J connectivity index is 1.49. The smallest absolute Gasteiger partial charge is 0.250 e. The molecule has 3 atom stereocenters. The van der Waals surface area contributed by atoms with Crippen LogP contribution in [0.15, 0.2) is 54.6 Å². The molecule has 3 aliphatic rings. The van der Waals surface area contributed by atoms with Crippen LogP contribution in [0.25, 0.3) is 0 Å². The van der Waals surface area contributed by atoms with E-state index in [-0.39, 0.29) is 36.1 Å². The number of hydrogen-bond donors (Lipinski definition) is 2. The van der Waals surface area contributed by atoms with E-state index in [0.29, 0.717) is 38.0 Å². The number of para-hydroxylation sites is 1. The molecule has 36 heavy (non-hydrogen) atoms. The molecule has 2 fully saturated rings. The number of nitrogens with one attached hydrogen (secondary N) is 2. The number of anilines is 1. The minimum Gasteiger partial charge on any atom is -0.344 e. The van der Waals surface area contributed by atoms with E-state index in [2.05, 4.69) is 10.6 Å². The fourth-order valence-electron chi connectivity index (χ4n) is 5.54. The molecule has 8 nitrogen and oxygen atoms in total. The second-order valence-electron chi connectivity index (χ2n) is 9.86. The Bertz CT molecular complexity index is 1150. The van der Waals surface area contributed by atoms with Crippen LogP contribution in [0.1, 0.15) is 49.1 Å². The van der Waals surface area contributed by atoms with Crippen molar-refractivity contribution >= 4 is 29.3 Å². The van der Waals surface area contributed by atoms with E-state index in [1.807, 2.05) is 59.5 Å². The molecule has 2 N–H and O–H groups in total. The summed E-state index contributed by atoms with van der Waals surface area (Å²) in [6, 6.07) is 15.8. The zero-order valence-electron chi connectivity index (χ0n) is 20.3. The predicted molar refractivity (Wildman–Crippen MR) is 135 cm³/mol. The summed E-state index contributed by atoms with van der Waals surface area (Å²) in [5.74, 6) is -1.24. The summed E-state index contributed by atoms with van der Waals surface area (Å²) in [5.41, 5.74) is 2.60. The number of carbonyl (C=O) groups is 4. The van der Waals surface area contributed by atoms with E-state index >= 15 is 0 Å². The number of fused-ring (bicyclic) bond motifs is 1. The fourth-order valence-corrected chi connectivity index (χ4v) is 5.54. The summed E-state index contributed by atoms with van der Waals surface area (Å²) in [4.78, 5) is 55.7. The van der Waals surface area contributed by atoms with Crippen LogP contribution >= 0.6 is 0 Å². The van der Waals surface area contributed by atoms with Crippen molar-refractivity contribution in [2.24, 2.45) is 0 Å². The van der Waals surface area contributed by atoms with Gasteiger partial charge in [0.15, 0.2) is 0 Å².